The predicted molar refractivity (Wildman–Crippen MR) is 72.3 cm³/mol. The van der Waals surface area contributed by atoms with Crippen molar-refractivity contribution in [1.29, 1.82) is 0 Å². The number of anilines is 2. The van der Waals surface area contributed by atoms with E-state index in [1.807, 2.05) is 0 Å². The topological polar surface area (TPSA) is 30.5 Å². The van der Waals surface area contributed by atoms with Gasteiger partial charge in [-0.3, -0.25) is 0 Å². The van der Waals surface area contributed by atoms with Crippen molar-refractivity contribution < 1.29 is 9.47 Å². The molecule has 0 saturated carbocycles. The fourth-order valence-corrected chi connectivity index (χ4v) is 2.10. The van der Waals surface area contributed by atoms with Crippen LogP contribution in [0.4, 0.5) is 11.4 Å². The monoisotopic (exact) mass is 281 g/mol. The SMILES string of the molecule is Clc1ccc2c(c1)Nc1cc(Cl)ccc1OCO2. The van der Waals surface area contributed by atoms with Crippen LogP contribution in [-0.4, -0.2) is 6.79 Å². The first-order valence-electron chi connectivity index (χ1n) is 5.34. The highest BCUT2D eigenvalue weighted by Crippen LogP contribution is 2.37. The highest BCUT2D eigenvalue weighted by Gasteiger charge is 2.13. The van der Waals surface area contributed by atoms with Crippen molar-refractivity contribution in [1.82, 2.24) is 0 Å². The number of halogens is 2. The van der Waals surface area contributed by atoms with E-state index >= 15 is 0 Å². The summed E-state index contributed by atoms with van der Waals surface area (Å²) in [6.45, 7) is 0.144. The Hall–Kier alpha value is -1.58. The van der Waals surface area contributed by atoms with E-state index in [0.717, 1.165) is 11.4 Å². The van der Waals surface area contributed by atoms with Crippen molar-refractivity contribution in [3.8, 4) is 11.5 Å². The Bertz CT molecular complexity index is 550. The fourth-order valence-electron chi connectivity index (χ4n) is 1.75. The molecule has 92 valence electrons. The molecule has 3 rings (SSSR count). The molecule has 0 saturated heterocycles. The van der Waals surface area contributed by atoms with Gasteiger partial charge in [-0.05, 0) is 36.4 Å². The Morgan fingerprint density at radius 2 is 1.33 bits per heavy atom. The van der Waals surface area contributed by atoms with Gasteiger partial charge in [0.1, 0.15) is 11.5 Å². The minimum absolute atomic E-state index is 0.144. The lowest BCUT2D eigenvalue weighted by Gasteiger charge is -2.20. The third-order valence-corrected chi connectivity index (χ3v) is 3.05. The summed E-state index contributed by atoms with van der Waals surface area (Å²) in [6.07, 6.45) is 0. The summed E-state index contributed by atoms with van der Waals surface area (Å²) >= 11 is 12.0. The molecular formula is C13H9Cl2NO2. The van der Waals surface area contributed by atoms with Crippen LogP contribution in [0.25, 0.3) is 0 Å². The second-order valence-electron chi connectivity index (χ2n) is 3.81. The minimum atomic E-state index is 0.144. The minimum Gasteiger partial charge on any atom is -0.455 e. The molecule has 0 spiro atoms. The van der Waals surface area contributed by atoms with Gasteiger partial charge in [-0.2, -0.15) is 0 Å². The van der Waals surface area contributed by atoms with Crippen LogP contribution in [0, 0.1) is 0 Å². The zero-order valence-electron chi connectivity index (χ0n) is 9.24. The second kappa shape index (κ2) is 4.59. The quantitative estimate of drug-likeness (QED) is 0.773. The largest absolute Gasteiger partial charge is 0.455 e. The van der Waals surface area contributed by atoms with Crippen LogP contribution in [0.15, 0.2) is 36.4 Å². The van der Waals surface area contributed by atoms with Crippen LogP contribution < -0.4 is 14.8 Å². The van der Waals surface area contributed by atoms with Gasteiger partial charge in [0.25, 0.3) is 0 Å². The van der Waals surface area contributed by atoms with Crippen LogP contribution in [0.3, 0.4) is 0 Å². The molecule has 0 bridgehead atoms. The lowest BCUT2D eigenvalue weighted by molar-refractivity contribution is 0.120. The second-order valence-corrected chi connectivity index (χ2v) is 4.69. The summed E-state index contributed by atoms with van der Waals surface area (Å²) in [4.78, 5) is 0. The van der Waals surface area contributed by atoms with Gasteiger partial charge in [0.05, 0.1) is 11.4 Å². The van der Waals surface area contributed by atoms with Gasteiger partial charge in [-0.25, -0.2) is 0 Å². The number of hydrogen-bond donors (Lipinski definition) is 1. The van der Waals surface area contributed by atoms with Gasteiger partial charge in [-0.15, -0.1) is 0 Å². The van der Waals surface area contributed by atoms with Gasteiger partial charge in [0.2, 0.25) is 6.79 Å². The van der Waals surface area contributed by atoms with Crippen LogP contribution in [0.2, 0.25) is 10.0 Å². The van der Waals surface area contributed by atoms with E-state index in [1.54, 1.807) is 36.4 Å². The maximum atomic E-state index is 5.98. The molecular weight excluding hydrogens is 273 g/mol. The normalized spacial score (nSPS) is 13.0. The number of hydrogen-bond acceptors (Lipinski definition) is 3. The molecule has 1 heterocycles. The van der Waals surface area contributed by atoms with E-state index in [-0.39, 0.29) is 6.79 Å². The van der Waals surface area contributed by atoms with Crippen LogP contribution in [-0.2, 0) is 0 Å². The van der Waals surface area contributed by atoms with Gasteiger partial charge in [0.15, 0.2) is 0 Å². The van der Waals surface area contributed by atoms with Crippen LogP contribution >= 0.6 is 23.2 Å². The smallest absolute Gasteiger partial charge is 0.231 e. The Kier molecular flexibility index (Phi) is 2.94. The molecule has 1 aliphatic rings. The van der Waals surface area contributed by atoms with Crippen molar-refractivity contribution in [2.45, 2.75) is 0 Å². The van der Waals surface area contributed by atoms with Crippen molar-refractivity contribution in [2.24, 2.45) is 0 Å². The van der Waals surface area contributed by atoms with Gasteiger partial charge in [-0.1, -0.05) is 23.2 Å². The zero-order valence-corrected chi connectivity index (χ0v) is 10.8. The highest BCUT2D eigenvalue weighted by molar-refractivity contribution is 6.31. The first kappa shape index (κ1) is 11.5. The van der Waals surface area contributed by atoms with Gasteiger partial charge in [0, 0.05) is 10.0 Å². The number of benzene rings is 2. The molecule has 0 aromatic heterocycles. The maximum Gasteiger partial charge on any atom is 0.231 e. The molecule has 2 aromatic carbocycles. The van der Waals surface area contributed by atoms with Crippen molar-refractivity contribution in [3.63, 3.8) is 0 Å². The lowest BCUT2D eigenvalue weighted by atomic mass is 10.2. The molecule has 0 radical (unpaired) electrons. The maximum absolute atomic E-state index is 5.98. The molecule has 0 amide bonds. The summed E-state index contributed by atoms with van der Waals surface area (Å²) in [5.41, 5.74) is 1.57. The summed E-state index contributed by atoms with van der Waals surface area (Å²) in [7, 11) is 0. The Balaban J connectivity index is 2.08. The number of nitrogens with one attached hydrogen (secondary N) is 1. The van der Waals surface area contributed by atoms with E-state index in [9.17, 15) is 0 Å². The molecule has 0 atom stereocenters. The summed E-state index contributed by atoms with van der Waals surface area (Å²) in [6, 6.07) is 10.7. The van der Waals surface area contributed by atoms with Crippen molar-refractivity contribution in [3.05, 3.63) is 46.4 Å². The van der Waals surface area contributed by atoms with Crippen molar-refractivity contribution >= 4 is 34.6 Å². The standard InChI is InChI=1S/C13H9Cl2NO2/c14-8-1-3-12-10(5-8)16-11-6-9(15)2-4-13(11)18-7-17-12/h1-6,16H,7H2. The van der Waals surface area contributed by atoms with Crippen LogP contribution in [0.1, 0.15) is 0 Å². The van der Waals surface area contributed by atoms with Crippen molar-refractivity contribution in [2.75, 3.05) is 12.1 Å². The molecule has 3 nitrogen and oxygen atoms in total. The fraction of sp³-hybridized carbons (Fsp3) is 0.0769. The molecule has 5 heteroatoms. The van der Waals surface area contributed by atoms with E-state index in [2.05, 4.69) is 5.32 Å². The van der Waals surface area contributed by atoms with Gasteiger partial charge >= 0.3 is 0 Å². The summed E-state index contributed by atoms with van der Waals surface area (Å²) in [5.74, 6) is 1.37. The average Bonchev–Trinajstić information content (AvgIpc) is 2.32. The van der Waals surface area contributed by atoms with Crippen LogP contribution in [0.5, 0.6) is 11.5 Å². The van der Waals surface area contributed by atoms with E-state index in [1.165, 1.54) is 0 Å². The molecule has 18 heavy (non-hydrogen) atoms. The average molecular weight is 282 g/mol. The highest BCUT2D eigenvalue weighted by atomic mass is 35.5. The molecule has 0 fully saturated rings. The third kappa shape index (κ3) is 2.19. The molecule has 0 aliphatic carbocycles. The molecule has 2 aromatic rings. The summed E-state index contributed by atoms with van der Waals surface area (Å²) in [5, 5.41) is 4.47. The Labute approximate surface area is 114 Å². The summed E-state index contributed by atoms with van der Waals surface area (Å²) < 4.78 is 11.0. The lowest BCUT2D eigenvalue weighted by Crippen LogP contribution is -2.11. The number of rotatable bonds is 0. The Morgan fingerprint density at radius 1 is 0.833 bits per heavy atom. The predicted octanol–water partition coefficient (Wildman–Crippen LogP) is 4.47. The van der Waals surface area contributed by atoms with E-state index in [0.29, 0.717) is 21.5 Å². The van der Waals surface area contributed by atoms with Gasteiger partial charge < -0.3 is 14.8 Å². The molecule has 0 unspecified atom stereocenters. The molecule has 1 aliphatic heterocycles. The number of fused-ring (bicyclic) bond motifs is 2. The van der Waals surface area contributed by atoms with E-state index < -0.39 is 0 Å². The molecule has 1 N–H and O–H groups in total. The Morgan fingerprint density at radius 3 is 1.83 bits per heavy atom. The zero-order chi connectivity index (χ0) is 12.5. The first-order chi connectivity index (χ1) is 8.72. The van der Waals surface area contributed by atoms with E-state index in [4.69, 9.17) is 32.7 Å². The third-order valence-electron chi connectivity index (χ3n) is 2.58. The first-order valence-corrected chi connectivity index (χ1v) is 6.10. The number of ether oxygens (including phenoxy) is 2.